The molecule has 1 saturated heterocycles. The number of halogens is 2. The highest BCUT2D eigenvalue weighted by Gasteiger charge is 2.18. The number of alkyl halides is 2. The zero-order valence-corrected chi connectivity index (χ0v) is 20.0. The molecule has 0 unspecified atom stereocenters. The first-order valence-corrected chi connectivity index (χ1v) is 11.6. The third kappa shape index (κ3) is 5.24. The number of pyridine rings is 1. The summed E-state index contributed by atoms with van der Waals surface area (Å²) in [6, 6.07) is 10.7. The number of benzene rings is 1. The normalized spacial score (nSPS) is 14.4. The molecule has 1 aliphatic rings. The second-order valence-electron chi connectivity index (χ2n) is 8.89. The Morgan fingerprint density at radius 2 is 1.77 bits per heavy atom. The number of anilines is 1. The van der Waals surface area contributed by atoms with Crippen LogP contribution in [-0.2, 0) is 6.42 Å². The average molecular weight is 481 g/mol. The predicted octanol–water partition coefficient (Wildman–Crippen LogP) is 5.69. The molecular formula is C26H30F2N6O. The zero-order valence-electron chi connectivity index (χ0n) is 20.0. The van der Waals surface area contributed by atoms with Crippen LogP contribution in [0.5, 0.6) is 5.75 Å². The van der Waals surface area contributed by atoms with E-state index in [4.69, 9.17) is 4.74 Å². The molecule has 0 saturated carbocycles. The van der Waals surface area contributed by atoms with Gasteiger partial charge in [0.2, 0.25) is 0 Å². The minimum Gasteiger partial charge on any atom is -0.435 e. The summed E-state index contributed by atoms with van der Waals surface area (Å²) in [5.41, 5.74) is 5.10. The van der Waals surface area contributed by atoms with Crippen LogP contribution in [0.1, 0.15) is 36.7 Å². The number of piperidine rings is 1. The molecule has 0 atom stereocenters. The summed E-state index contributed by atoms with van der Waals surface area (Å²) in [6.07, 6.45) is 8.52. The topological polar surface area (TPSA) is 90.6 Å². The molecule has 35 heavy (non-hydrogen) atoms. The number of fused-ring (bicyclic) bond motifs is 1. The molecule has 5 rings (SSSR count). The number of nitrogens with zero attached hydrogens (tertiary/aromatic N) is 5. The van der Waals surface area contributed by atoms with Gasteiger partial charge in [0.1, 0.15) is 11.4 Å². The average Bonchev–Trinajstić information content (AvgIpc) is 3.15. The molecular weight excluding hydrogens is 450 g/mol. The molecule has 0 spiro atoms. The molecule has 0 aliphatic carbocycles. The lowest BCUT2D eigenvalue weighted by molar-refractivity contribution is -0.0503. The molecule has 4 heterocycles. The number of ether oxygens (including phenoxy) is 1. The first kappa shape index (κ1) is 24.5. The maximum Gasteiger partial charge on any atom is 0.387 e. The van der Waals surface area contributed by atoms with Gasteiger partial charge in [-0.25, -0.2) is 15.0 Å². The highest BCUT2D eigenvalue weighted by Crippen LogP contribution is 2.27. The van der Waals surface area contributed by atoms with Gasteiger partial charge in [-0.1, -0.05) is 25.1 Å². The first-order valence-electron chi connectivity index (χ1n) is 11.6. The van der Waals surface area contributed by atoms with E-state index in [0.717, 1.165) is 47.3 Å². The monoisotopic (exact) mass is 480 g/mol. The lowest BCUT2D eigenvalue weighted by Gasteiger charge is -2.31. The smallest absolute Gasteiger partial charge is 0.387 e. The third-order valence-corrected chi connectivity index (χ3v) is 6.51. The molecule has 1 aromatic carbocycles. The van der Waals surface area contributed by atoms with Crippen LogP contribution in [0.15, 0.2) is 55.0 Å². The van der Waals surface area contributed by atoms with E-state index in [1.165, 1.54) is 12.8 Å². The molecule has 0 radical (unpaired) electrons. The van der Waals surface area contributed by atoms with E-state index in [1.807, 2.05) is 48.1 Å². The van der Waals surface area contributed by atoms with Gasteiger partial charge in [0.25, 0.3) is 0 Å². The number of imidazole rings is 1. The van der Waals surface area contributed by atoms with Crippen molar-refractivity contribution in [2.24, 2.45) is 5.92 Å². The molecule has 184 valence electrons. The molecule has 9 heteroatoms. The van der Waals surface area contributed by atoms with Gasteiger partial charge in [0.05, 0.1) is 23.8 Å². The number of hydrogen-bond acceptors (Lipinski definition) is 6. The van der Waals surface area contributed by atoms with E-state index in [9.17, 15) is 8.78 Å². The van der Waals surface area contributed by atoms with Gasteiger partial charge in [-0.2, -0.15) is 8.78 Å². The fourth-order valence-corrected chi connectivity index (χ4v) is 4.50. The van der Waals surface area contributed by atoms with Gasteiger partial charge in [-0.15, -0.1) is 0 Å². The van der Waals surface area contributed by atoms with Crippen molar-refractivity contribution in [3.8, 4) is 17.1 Å². The number of aryl methyl sites for hydroxylation is 1. The van der Waals surface area contributed by atoms with Crippen LogP contribution in [-0.4, -0.2) is 39.1 Å². The molecule has 4 aromatic rings. The molecule has 7 nitrogen and oxygen atoms in total. The summed E-state index contributed by atoms with van der Waals surface area (Å²) >= 11 is 0. The van der Waals surface area contributed by atoms with E-state index in [-0.39, 0.29) is 11.9 Å². The summed E-state index contributed by atoms with van der Waals surface area (Å²) < 4.78 is 32.4. The fraction of sp³-hybridized carbons (Fsp3) is 0.346. The quantitative estimate of drug-likeness (QED) is 0.381. The zero-order chi connectivity index (χ0) is 23.7. The lowest BCUT2D eigenvalue weighted by Crippen LogP contribution is -2.32. The van der Waals surface area contributed by atoms with E-state index in [0.29, 0.717) is 17.8 Å². The Hall–Kier alpha value is -3.59. The van der Waals surface area contributed by atoms with E-state index in [1.54, 1.807) is 18.2 Å². The Morgan fingerprint density at radius 1 is 1.06 bits per heavy atom. The molecule has 0 amide bonds. The third-order valence-electron chi connectivity index (χ3n) is 6.51. The standard InChI is InChI=1S/C26H27F2N5O.H3N/c1-17-9-11-32(12-10-17)21-14-29-25(30-15-21)20-7-8-24-31-18(2)22(33(24)16-20)13-19-5-3-4-6-23(19)34-26(27)28;/h3-8,14-17,26H,9-13H2,1-2H3;1H3. The molecule has 1 aliphatic heterocycles. The van der Waals surface area contributed by atoms with Gasteiger partial charge in [0.15, 0.2) is 5.82 Å². The van der Waals surface area contributed by atoms with Gasteiger partial charge in [-0.3, -0.25) is 0 Å². The largest absolute Gasteiger partial charge is 0.435 e. The fourth-order valence-electron chi connectivity index (χ4n) is 4.50. The van der Waals surface area contributed by atoms with Crippen molar-refractivity contribution in [2.75, 3.05) is 18.0 Å². The van der Waals surface area contributed by atoms with Crippen molar-refractivity contribution in [3.63, 3.8) is 0 Å². The van der Waals surface area contributed by atoms with Crippen LogP contribution in [0.2, 0.25) is 0 Å². The van der Waals surface area contributed by atoms with Crippen LogP contribution >= 0.6 is 0 Å². The van der Waals surface area contributed by atoms with E-state index < -0.39 is 6.61 Å². The first-order chi connectivity index (χ1) is 16.5. The lowest BCUT2D eigenvalue weighted by atomic mass is 9.99. The summed E-state index contributed by atoms with van der Waals surface area (Å²) in [7, 11) is 0. The minimum atomic E-state index is -2.87. The second kappa shape index (κ2) is 10.4. The van der Waals surface area contributed by atoms with Crippen molar-refractivity contribution in [1.29, 1.82) is 0 Å². The van der Waals surface area contributed by atoms with Crippen molar-refractivity contribution >= 4 is 11.3 Å². The van der Waals surface area contributed by atoms with Crippen molar-refractivity contribution < 1.29 is 13.5 Å². The van der Waals surface area contributed by atoms with Crippen LogP contribution in [0.4, 0.5) is 14.5 Å². The number of rotatable bonds is 6. The Bertz CT molecular complexity index is 1280. The van der Waals surface area contributed by atoms with Crippen LogP contribution in [0.3, 0.4) is 0 Å². The predicted molar refractivity (Wildman–Crippen MR) is 132 cm³/mol. The molecule has 1 fully saturated rings. The SMILES string of the molecule is Cc1nc2ccc(-c3ncc(N4CCC(C)CC4)cn3)cn2c1Cc1ccccc1OC(F)F.N. The summed E-state index contributed by atoms with van der Waals surface area (Å²) in [6.45, 7) is 3.41. The van der Waals surface area contributed by atoms with E-state index in [2.05, 4.69) is 26.8 Å². The second-order valence-corrected chi connectivity index (χ2v) is 8.89. The Kier molecular flexibility index (Phi) is 7.25. The van der Waals surface area contributed by atoms with Crippen LogP contribution in [0.25, 0.3) is 17.0 Å². The van der Waals surface area contributed by atoms with Crippen molar-refractivity contribution in [1.82, 2.24) is 25.5 Å². The molecule has 3 N–H and O–H groups in total. The highest BCUT2D eigenvalue weighted by atomic mass is 19.3. The van der Waals surface area contributed by atoms with E-state index >= 15 is 0 Å². The van der Waals surface area contributed by atoms with Crippen molar-refractivity contribution in [3.05, 3.63) is 71.9 Å². The van der Waals surface area contributed by atoms with Crippen LogP contribution in [0, 0.1) is 12.8 Å². The summed E-state index contributed by atoms with van der Waals surface area (Å²) in [5, 5.41) is 0. The Balaban J connectivity index is 0.00000289. The Morgan fingerprint density at radius 3 is 2.49 bits per heavy atom. The molecule has 3 aromatic heterocycles. The minimum absolute atomic E-state index is 0. The van der Waals surface area contributed by atoms with Crippen molar-refractivity contribution in [2.45, 2.75) is 39.7 Å². The summed E-state index contributed by atoms with van der Waals surface area (Å²) in [4.78, 5) is 16.2. The number of aromatic nitrogens is 4. The van der Waals surface area contributed by atoms with Gasteiger partial charge >= 0.3 is 6.61 Å². The maximum atomic E-state index is 12.9. The van der Waals surface area contributed by atoms with Gasteiger partial charge in [0, 0.05) is 42.5 Å². The van der Waals surface area contributed by atoms with Gasteiger partial charge < -0.3 is 20.2 Å². The maximum absolute atomic E-state index is 12.9. The summed E-state index contributed by atoms with van der Waals surface area (Å²) in [5.74, 6) is 1.58. The Labute approximate surface area is 203 Å². The highest BCUT2D eigenvalue weighted by molar-refractivity contribution is 5.60. The van der Waals surface area contributed by atoms with Crippen LogP contribution < -0.4 is 15.8 Å². The molecule has 0 bridgehead atoms. The number of para-hydroxylation sites is 1. The van der Waals surface area contributed by atoms with Gasteiger partial charge in [-0.05, 0) is 43.9 Å². The number of hydrogen-bond donors (Lipinski definition) is 1.